The Bertz CT molecular complexity index is 3440. The molecule has 20 heteroatoms. The summed E-state index contributed by atoms with van der Waals surface area (Å²) in [5, 5.41) is 62.9. The number of benzene rings is 9. The Kier molecular flexibility index (Phi) is 19.6. The first-order valence-corrected chi connectivity index (χ1v) is 28.7. The third-order valence-electron chi connectivity index (χ3n) is 13.4. The number of hydrogen-bond acceptors (Lipinski definition) is 9. The Labute approximate surface area is 503 Å². The summed E-state index contributed by atoms with van der Waals surface area (Å²) in [6, 6.07) is 87.1. The van der Waals surface area contributed by atoms with Crippen LogP contribution in [0.5, 0.6) is 0 Å². The van der Waals surface area contributed by atoms with Gasteiger partial charge < -0.3 is 15.3 Å². The molecule has 0 saturated carbocycles. The van der Waals surface area contributed by atoms with Crippen molar-refractivity contribution in [3.8, 4) is 0 Å². The maximum Gasteiger partial charge on any atom is 2.00 e. The normalized spacial score (nSPS) is 12.2. The fourth-order valence-electron chi connectivity index (χ4n) is 9.38. The van der Waals surface area contributed by atoms with Gasteiger partial charge in [0.05, 0.1) is 37.7 Å². The fraction of sp³-hybridized carbons (Fsp3) is 0.0909. The molecule has 12 aromatic rings. The maximum absolute atomic E-state index is 14.1. The zero-order valence-electron chi connectivity index (χ0n) is 45.7. The molecule has 0 aliphatic rings. The van der Waals surface area contributed by atoms with Crippen LogP contribution in [0.25, 0.3) is 0 Å². The van der Waals surface area contributed by atoms with Gasteiger partial charge in [0.1, 0.15) is 11.4 Å². The number of rotatable bonds is 15. The molecule has 0 aliphatic heterocycles. The molecular formula is C66H56CuF6N9O3P. The second-order valence-corrected chi connectivity index (χ2v) is 21.5. The van der Waals surface area contributed by atoms with Crippen LogP contribution in [0.4, 0.5) is 25.2 Å². The van der Waals surface area contributed by atoms with Crippen LogP contribution in [-0.4, -0.2) is 55.2 Å². The Balaban J connectivity index is 0.000000158. The van der Waals surface area contributed by atoms with Crippen LogP contribution in [0.2, 0.25) is 0 Å². The van der Waals surface area contributed by atoms with E-state index in [9.17, 15) is 40.5 Å². The van der Waals surface area contributed by atoms with Crippen molar-refractivity contribution < 1.29 is 57.6 Å². The van der Waals surface area contributed by atoms with Crippen molar-refractivity contribution in [2.45, 2.75) is 36.4 Å². The number of nitrogens with zero attached hydrogens (tertiary/aromatic N) is 9. The number of hydrogen-bond donors (Lipinski definition) is 2. The predicted octanol–water partition coefficient (Wildman–Crippen LogP) is 13.6. The molecule has 86 heavy (non-hydrogen) atoms. The van der Waals surface area contributed by atoms with Crippen LogP contribution in [0.15, 0.2) is 292 Å². The molecule has 0 spiro atoms. The van der Waals surface area contributed by atoms with E-state index in [2.05, 4.69) is 30.9 Å². The summed E-state index contributed by atoms with van der Waals surface area (Å²) in [5.41, 5.74) is 4.83. The van der Waals surface area contributed by atoms with Gasteiger partial charge in [-0.3, -0.25) is 0 Å². The molecule has 441 valence electrons. The average molecular weight is 1230 g/mol. The van der Waals surface area contributed by atoms with Gasteiger partial charge in [0.15, 0.2) is 11.2 Å². The summed E-state index contributed by atoms with van der Waals surface area (Å²) in [6.45, 7) is 1.79. The maximum atomic E-state index is 14.1. The average Bonchev–Trinajstić information content (AvgIpc) is 1.83. The van der Waals surface area contributed by atoms with E-state index in [1.165, 1.54) is 0 Å². The molecule has 0 unspecified atom stereocenters. The minimum absolute atomic E-state index is 0. The quantitative estimate of drug-likeness (QED) is 0.0579. The monoisotopic (exact) mass is 1230 g/mol. The zero-order valence-corrected chi connectivity index (χ0v) is 47.5. The SMILES string of the molecule is F[P-](F)(F)(F)(F)F.OC(c1ccccc1)(c1ccccc1)c1cn(Cc2ccccc2)nn1.OC(c1ccccc1)(c1ccccc1)c1cn(Cc2ccccc2)nn1.[Cu+2].[O-]C(c1ccccc1)(c1ccccc1)c1cn(Cc2ccccc2)nn1. The molecule has 9 aromatic carbocycles. The summed E-state index contributed by atoms with van der Waals surface area (Å²) in [5.74, 6) is 0. The van der Waals surface area contributed by atoms with Crippen molar-refractivity contribution in [2.24, 2.45) is 0 Å². The van der Waals surface area contributed by atoms with Crippen LogP contribution in [-0.2, 0) is 53.5 Å². The first kappa shape index (κ1) is 62.8. The summed E-state index contributed by atoms with van der Waals surface area (Å²) in [6.07, 6.45) is 5.38. The molecule has 0 bridgehead atoms. The summed E-state index contributed by atoms with van der Waals surface area (Å²) in [4.78, 5) is 0. The Morgan fingerprint density at radius 2 is 0.500 bits per heavy atom. The van der Waals surface area contributed by atoms with Gasteiger partial charge >= 0.3 is 50.1 Å². The van der Waals surface area contributed by atoms with Crippen molar-refractivity contribution in [3.05, 3.63) is 359 Å². The molecule has 12 rings (SSSR count). The first-order valence-electron chi connectivity index (χ1n) is 26.6. The summed E-state index contributed by atoms with van der Waals surface area (Å²) < 4.78 is 64.4. The van der Waals surface area contributed by atoms with E-state index in [1.54, 1.807) is 20.2 Å². The van der Waals surface area contributed by atoms with Crippen LogP contribution < -0.4 is 5.11 Å². The number of aromatic nitrogens is 9. The van der Waals surface area contributed by atoms with E-state index in [4.69, 9.17) is 0 Å². The van der Waals surface area contributed by atoms with Gasteiger partial charge in [0.2, 0.25) is 0 Å². The van der Waals surface area contributed by atoms with E-state index in [1.807, 2.05) is 285 Å². The first-order chi connectivity index (χ1) is 40.7. The fourth-order valence-corrected chi connectivity index (χ4v) is 9.38. The van der Waals surface area contributed by atoms with Gasteiger partial charge in [-0.2, -0.15) is 0 Å². The van der Waals surface area contributed by atoms with Crippen LogP contribution in [0.1, 0.15) is 67.2 Å². The van der Waals surface area contributed by atoms with E-state index in [0.29, 0.717) is 47.8 Å². The Morgan fingerprint density at radius 3 is 0.733 bits per heavy atom. The standard InChI is InChI=1S/2C22H19N3O.C22H18N3O.Cu.F6P/c3*26-22(19-12-6-2-7-13-19,20-14-8-3-9-15-20)21-17-25(24-23-21)16-18-10-4-1-5-11-18;;1-7(2,3,4,5)6/h2*1-15,17,26H,16H2;1-15,17H,16H2;;/q;;-1;+2;-1. The van der Waals surface area contributed by atoms with Crippen molar-refractivity contribution in [1.82, 2.24) is 45.0 Å². The molecule has 1 radical (unpaired) electrons. The van der Waals surface area contributed by atoms with E-state index in [0.717, 1.165) is 38.9 Å². The van der Waals surface area contributed by atoms with Gasteiger partial charge in [-0.15, -0.1) is 15.3 Å². The molecule has 0 saturated heterocycles. The number of aliphatic hydroxyl groups is 2. The molecule has 2 N–H and O–H groups in total. The molecule has 0 amide bonds. The summed E-state index contributed by atoms with van der Waals surface area (Å²) in [7, 11) is -10.7. The molecular weight excluding hydrogens is 1180 g/mol. The molecule has 0 atom stereocenters. The second kappa shape index (κ2) is 26.8. The zero-order chi connectivity index (χ0) is 59.9. The minimum atomic E-state index is -10.7. The summed E-state index contributed by atoms with van der Waals surface area (Å²) >= 11 is 0. The van der Waals surface area contributed by atoms with Crippen LogP contribution in [0.3, 0.4) is 0 Å². The minimum Gasteiger partial charge on any atom is -0.838 e. The molecule has 0 fully saturated rings. The van der Waals surface area contributed by atoms with Crippen molar-refractivity contribution >= 4 is 7.81 Å². The predicted molar refractivity (Wildman–Crippen MR) is 313 cm³/mol. The molecule has 3 aromatic heterocycles. The van der Waals surface area contributed by atoms with Gasteiger partial charge in [0, 0.05) is 6.20 Å². The van der Waals surface area contributed by atoms with E-state index >= 15 is 0 Å². The van der Waals surface area contributed by atoms with Gasteiger partial charge in [0.25, 0.3) is 0 Å². The van der Waals surface area contributed by atoms with Crippen LogP contribution >= 0.6 is 7.81 Å². The molecule has 0 aliphatic carbocycles. The molecule has 12 nitrogen and oxygen atoms in total. The van der Waals surface area contributed by atoms with E-state index < -0.39 is 24.6 Å². The van der Waals surface area contributed by atoms with Gasteiger partial charge in [-0.05, 0) is 55.7 Å². The van der Waals surface area contributed by atoms with Crippen molar-refractivity contribution in [3.63, 3.8) is 0 Å². The topological polar surface area (TPSA) is 156 Å². The smallest absolute Gasteiger partial charge is 0.838 e. The van der Waals surface area contributed by atoms with Crippen LogP contribution in [0, 0.1) is 0 Å². The number of halogens is 6. The third-order valence-corrected chi connectivity index (χ3v) is 13.4. The molecule has 3 heterocycles. The van der Waals surface area contributed by atoms with E-state index in [-0.39, 0.29) is 17.1 Å². The van der Waals surface area contributed by atoms with Crippen molar-refractivity contribution in [2.75, 3.05) is 0 Å². The Morgan fingerprint density at radius 1 is 0.314 bits per heavy atom. The van der Waals surface area contributed by atoms with Gasteiger partial charge in [-0.1, -0.05) is 289 Å². The second-order valence-electron chi connectivity index (χ2n) is 19.6. The van der Waals surface area contributed by atoms with Gasteiger partial charge in [-0.25, -0.2) is 14.0 Å². The largest absolute Gasteiger partial charge is 2.00 e. The Hall–Kier alpha value is -9.19. The third kappa shape index (κ3) is 16.8. The van der Waals surface area contributed by atoms with Crippen molar-refractivity contribution in [1.29, 1.82) is 0 Å².